The van der Waals surface area contributed by atoms with Gasteiger partial charge in [-0.2, -0.15) is 0 Å². The minimum Gasteiger partial charge on any atom is -0.396 e. The number of carbonyl (C=O) groups excluding carboxylic acids is 1. The van der Waals surface area contributed by atoms with Crippen molar-refractivity contribution in [3.63, 3.8) is 0 Å². The molecule has 1 aromatic rings. The lowest BCUT2D eigenvalue weighted by molar-refractivity contribution is 0.0855. The van der Waals surface area contributed by atoms with Crippen molar-refractivity contribution in [3.05, 3.63) is 4.88 Å². The summed E-state index contributed by atoms with van der Waals surface area (Å²) >= 11 is 1.29. The fourth-order valence-corrected chi connectivity index (χ4v) is 2.84. The van der Waals surface area contributed by atoms with Crippen LogP contribution in [-0.4, -0.2) is 42.7 Å². The Kier molecular flexibility index (Phi) is 6.42. The molecule has 0 unspecified atom stereocenters. The Morgan fingerprint density at radius 1 is 1.43 bits per heavy atom. The lowest BCUT2D eigenvalue weighted by atomic mass is 9.83. The normalized spacial score (nSPS) is 11.5. The Hall–Kier alpha value is -1.34. The summed E-state index contributed by atoms with van der Waals surface area (Å²) in [7, 11) is 1.91. The first kappa shape index (κ1) is 17.7. The lowest BCUT2D eigenvalue weighted by Crippen LogP contribution is -2.39. The van der Waals surface area contributed by atoms with Gasteiger partial charge in [-0.3, -0.25) is 4.79 Å². The van der Waals surface area contributed by atoms with Crippen molar-refractivity contribution in [2.45, 2.75) is 33.6 Å². The van der Waals surface area contributed by atoms with Crippen LogP contribution < -0.4 is 16.0 Å². The minimum absolute atomic E-state index is 0.0578. The molecule has 0 spiro atoms. The van der Waals surface area contributed by atoms with Crippen molar-refractivity contribution in [2.75, 3.05) is 37.4 Å². The molecule has 0 aromatic carbocycles. The van der Waals surface area contributed by atoms with Gasteiger partial charge in [0.25, 0.3) is 5.91 Å². The highest BCUT2D eigenvalue weighted by molar-refractivity contribution is 7.18. The van der Waals surface area contributed by atoms with E-state index in [0.29, 0.717) is 11.4 Å². The molecule has 0 atom stereocenters. The standard InChI is InChI=1S/C14H26N4O2S/c1-5-14(6-2,9-19)8-16-12(20)10-11(15)17-13(21-10)18(4)7-3/h19H,5-9,15H2,1-4H3,(H,16,20). The van der Waals surface area contributed by atoms with E-state index in [1.165, 1.54) is 11.3 Å². The van der Waals surface area contributed by atoms with Crippen LogP contribution in [-0.2, 0) is 0 Å². The second-order valence-electron chi connectivity index (χ2n) is 5.27. The van der Waals surface area contributed by atoms with Crippen LogP contribution in [0.4, 0.5) is 10.9 Å². The predicted octanol–water partition coefficient (Wildman–Crippen LogP) is 1.71. The number of anilines is 2. The SMILES string of the molecule is CCN(C)c1nc(N)c(C(=O)NCC(CC)(CC)CO)s1. The minimum atomic E-state index is -0.266. The number of nitrogens with two attached hydrogens (primary N) is 1. The average molecular weight is 314 g/mol. The molecule has 0 saturated carbocycles. The van der Waals surface area contributed by atoms with Gasteiger partial charge in [-0.15, -0.1) is 0 Å². The van der Waals surface area contributed by atoms with Gasteiger partial charge in [0.1, 0.15) is 10.7 Å². The number of aromatic nitrogens is 1. The first-order chi connectivity index (χ1) is 9.92. The van der Waals surface area contributed by atoms with E-state index in [9.17, 15) is 9.90 Å². The number of nitrogens with zero attached hydrogens (tertiary/aromatic N) is 2. The summed E-state index contributed by atoms with van der Waals surface area (Å²) in [4.78, 5) is 18.9. The number of hydrogen-bond donors (Lipinski definition) is 3. The molecule has 7 heteroatoms. The van der Waals surface area contributed by atoms with Gasteiger partial charge in [0.2, 0.25) is 0 Å². The summed E-state index contributed by atoms with van der Waals surface area (Å²) in [5.41, 5.74) is 5.57. The third-order valence-corrected chi connectivity index (χ3v) is 5.29. The molecule has 0 saturated heterocycles. The van der Waals surface area contributed by atoms with Crippen molar-refractivity contribution >= 4 is 28.2 Å². The summed E-state index contributed by atoms with van der Waals surface area (Å²) < 4.78 is 0. The zero-order valence-electron chi connectivity index (χ0n) is 13.3. The fourth-order valence-electron chi connectivity index (χ4n) is 1.91. The van der Waals surface area contributed by atoms with Crippen LogP contribution in [0, 0.1) is 5.41 Å². The summed E-state index contributed by atoms with van der Waals surface area (Å²) in [5, 5.41) is 13.1. The number of nitrogens with one attached hydrogen (secondary N) is 1. The van der Waals surface area contributed by atoms with Crippen LogP contribution in [0.15, 0.2) is 0 Å². The van der Waals surface area contributed by atoms with Crippen LogP contribution in [0.25, 0.3) is 0 Å². The van der Waals surface area contributed by atoms with Crippen LogP contribution >= 0.6 is 11.3 Å². The maximum Gasteiger partial charge on any atom is 0.265 e. The molecule has 0 aliphatic heterocycles. The molecular formula is C14H26N4O2S. The van der Waals surface area contributed by atoms with Gasteiger partial charge in [-0.1, -0.05) is 25.2 Å². The van der Waals surface area contributed by atoms with Crippen LogP contribution in [0.2, 0.25) is 0 Å². The smallest absolute Gasteiger partial charge is 0.265 e. The first-order valence-electron chi connectivity index (χ1n) is 7.29. The van der Waals surface area contributed by atoms with Crippen molar-refractivity contribution in [1.82, 2.24) is 10.3 Å². The summed E-state index contributed by atoms with van der Waals surface area (Å²) in [6.45, 7) is 7.33. The van der Waals surface area contributed by atoms with E-state index in [2.05, 4.69) is 10.3 Å². The topological polar surface area (TPSA) is 91.5 Å². The number of aliphatic hydroxyl groups excluding tert-OH is 1. The Morgan fingerprint density at radius 3 is 2.52 bits per heavy atom. The van der Waals surface area contributed by atoms with Gasteiger partial charge in [0, 0.05) is 25.6 Å². The monoisotopic (exact) mass is 314 g/mol. The maximum absolute atomic E-state index is 12.3. The molecule has 1 heterocycles. The lowest BCUT2D eigenvalue weighted by Gasteiger charge is -2.29. The molecule has 1 rings (SSSR count). The Bertz CT molecular complexity index is 463. The largest absolute Gasteiger partial charge is 0.396 e. The average Bonchev–Trinajstić information content (AvgIpc) is 2.90. The Labute approximate surface area is 130 Å². The Balaban J connectivity index is 2.78. The van der Waals surface area contributed by atoms with Gasteiger partial charge < -0.3 is 21.1 Å². The molecule has 0 fully saturated rings. The molecule has 4 N–H and O–H groups in total. The molecule has 1 amide bonds. The molecule has 0 bridgehead atoms. The molecule has 0 radical (unpaired) electrons. The number of rotatable bonds is 8. The van der Waals surface area contributed by atoms with E-state index in [4.69, 9.17) is 5.73 Å². The fraction of sp³-hybridized carbons (Fsp3) is 0.714. The maximum atomic E-state index is 12.3. The molecule has 21 heavy (non-hydrogen) atoms. The number of carbonyl (C=O) groups is 1. The number of amides is 1. The first-order valence-corrected chi connectivity index (χ1v) is 8.11. The molecular weight excluding hydrogens is 288 g/mol. The van der Waals surface area contributed by atoms with Crippen molar-refractivity contribution in [3.8, 4) is 0 Å². The van der Waals surface area contributed by atoms with E-state index < -0.39 is 0 Å². The highest BCUT2D eigenvalue weighted by Gasteiger charge is 2.27. The summed E-state index contributed by atoms with van der Waals surface area (Å²) in [6, 6.07) is 0. The quantitative estimate of drug-likeness (QED) is 0.679. The van der Waals surface area contributed by atoms with Gasteiger partial charge in [0.05, 0.1) is 6.61 Å². The van der Waals surface area contributed by atoms with Crippen LogP contribution in [0.5, 0.6) is 0 Å². The van der Waals surface area contributed by atoms with Crippen molar-refractivity contribution in [1.29, 1.82) is 0 Å². The van der Waals surface area contributed by atoms with Crippen molar-refractivity contribution < 1.29 is 9.90 Å². The molecule has 1 aromatic heterocycles. The zero-order chi connectivity index (χ0) is 16.0. The van der Waals surface area contributed by atoms with Gasteiger partial charge >= 0.3 is 0 Å². The van der Waals surface area contributed by atoms with E-state index >= 15 is 0 Å². The number of nitrogen functional groups attached to an aromatic ring is 1. The second-order valence-corrected chi connectivity index (χ2v) is 6.25. The molecule has 0 aliphatic rings. The van der Waals surface area contributed by atoms with Gasteiger partial charge in [-0.25, -0.2) is 4.98 Å². The van der Waals surface area contributed by atoms with Gasteiger partial charge in [-0.05, 0) is 19.8 Å². The molecule has 120 valence electrons. The van der Waals surface area contributed by atoms with E-state index in [0.717, 1.165) is 24.5 Å². The highest BCUT2D eigenvalue weighted by atomic mass is 32.1. The zero-order valence-corrected chi connectivity index (χ0v) is 14.1. The van der Waals surface area contributed by atoms with Crippen LogP contribution in [0.1, 0.15) is 43.3 Å². The number of aliphatic hydroxyl groups is 1. The molecule has 6 nitrogen and oxygen atoms in total. The van der Waals surface area contributed by atoms with Crippen molar-refractivity contribution in [2.24, 2.45) is 5.41 Å². The summed E-state index contributed by atoms with van der Waals surface area (Å²) in [5.74, 6) is 0.0378. The van der Waals surface area contributed by atoms with E-state index in [1.807, 2.05) is 32.7 Å². The van der Waals surface area contributed by atoms with Gasteiger partial charge in [0.15, 0.2) is 5.13 Å². The third kappa shape index (κ3) is 4.07. The third-order valence-electron chi connectivity index (χ3n) is 4.11. The molecule has 0 aliphatic carbocycles. The van der Waals surface area contributed by atoms with E-state index in [1.54, 1.807) is 0 Å². The second kappa shape index (κ2) is 7.61. The highest BCUT2D eigenvalue weighted by Crippen LogP contribution is 2.28. The van der Waals surface area contributed by atoms with E-state index in [-0.39, 0.29) is 23.7 Å². The van der Waals surface area contributed by atoms with Crippen LogP contribution in [0.3, 0.4) is 0 Å². The number of thiazole rings is 1. The predicted molar refractivity (Wildman–Crippen MR) is 87.9 cm³/mol. The Morgan fingerprint density at radius 2 is 2.05 bits per heavy atom. The summed E-state index contributed by atoms with van der Waals surface area (Å²) in [6.07, 6.45) is 1.62. The number of hydrogen-bond acceptors (Lipinski definition) is 6.